The van der Waals surface area contributed by atoms with Crippen molar-refractivity contribution in [3.8, 4) is 11.3 Å². The number of carbonyl (C=O) groups excluding carboxylic acids is 1. The van der Waals surface area contributed by atoms with Gasteiger partial charge >= 0.3 is 6.03 Å². The zero-order valence-corrected chi connectivity index (χ0v) is 16.7. The molecule has 0 spiro atoms. The average molecular weight is 400 g/mol. The summed E-state index contributed by atoms with van der Waals surface area (Å²) in [6, 6.07) is 12.0. The number of hydrogen-bond donors (Lipinski definition) is 1. The van der Waals surface area contributed by atoms with Crippen LogP contribution in [0.25, 0.3) is 11.3 Å². The molecule has 2 amide bonds. The van der Waals surface area contributed by atoms with Crippen molar-refractivity contribution in [3.63, 3.8) is 0 Å². The van der Waals surface area contributed by atoms with Gasteiger partial charge < -0.3 is 15.1 Å². The molecule has 1 aliphatic heterocycles. The van der Waals surface area contributed by atoms with Crippen LogP contribution in [0, 0.1) is 0 Å². The van der Waals surface area contributed by atoms with Crippen molar-refractivity contribution in [2.75, 3.05) is 31.1 Å². The van der Waals surface area contributed by atoms with Gasteiger partial charge in [0.05, 0.1) is 10.7 Å². The molecule has 2 aliphatic rings. The predicted molar refractivity (Wildman–Crippen MR) is 112 cm³/mol. The van der Waals surface area contributed by atoms with E-state index < -0.39 is 0 Å². The summed E-state index contributed by atoms with van der Waals surface area (Å²) in [5.74, 6) is 0.836. The topological polar surface area (TPSA) is 61.4 Å². The molecule has 1 N–H and O–H groups in total. The molecule has 28 heavy (non-hydrogen) atoms. The van der Waals surface area contributed by atoms with E-state index in [0.717, 1.165) is 43.0 Å². The normalized spacial score (nSPS) is 18.2. The molecule has 0 atom stereocenters. The lowest BCUT2D eigenvalue weighted by Gasteiger charge is -2.36. The van der Waals surface area contributed by atoms with Crippen molar-refractivity contribution in [2.24, 2.45) is 0 Å². The maximum atomic E-state index is 12.5. The summed E-state index contributed by atoms with van der Waals surface area (Å²) in [4.78, 5) is 16.6. The Kier molecular flexibility index (Phi) is 5.95. The van der Waals surface area contributed by atoms with E-state index in [-0.39, 0.29) is 6.03 Å². The molecule has 1 saturated heterocycles. The first-order chi connectivity index (χ1) is 13.7. The lowest BCUT2D eigenvalue weighted by molar-refractivity contribution is 0.186. The first kappa shape index (κ1) is 19.0. The third-order valence-corrected chi connectivity index (χ3v) is 5.95. The number of hydrogen-bond acceptors (Lipinski definition) is 4. The van der Waals surface area contributed by atoms with Gasteiger partial charge in [-0.2, -0.15) is 0 Å². The highest BCUT2D eigenvalue weighted by atomic mass is 35.5. The lowest BCUT2D eigenvalue weighted by atomic mass is 9.96. The zero-order valence-electron chi connectivity index (χ0n) is 16.0. The highest BCUT2D eigenvalue weighted by molar-refractivity contribution is 6.33. The van der Waals surface area contributed by atoms with E-state index in [1.54, 1.807) is 0 Å². The van der Waals surface area contributed by atoms with Crippen molar-refractivity contribution in [2.45, 2.75) is 38.1 Å². The number of rotatable bonds is 3. The van der Waals surface area contributed by atoms with E-state index in [1.807, 2.05) is 41.3 Å². The van der Waals surface area contributed by atoms with Crippen LogP contribution in [0.1, 0.15) is 32.1 Å². The molecule has 1 aromatic heterocycles. The van der Waals surface area contributed by atoms with E-state index in [4.69, 9.17) is 11.6 Å². The van der Waals surface area contributed by atoms with Gasteiger partial charge in [-0.05, 0) is 31.0 Å². The number of benzene rings is 1. The molecule has 2 aromatic rings. The molecule has 0 unspecified atom stereocenters. The number of carbonyl (C=O) groups is 1. The van der Waals surface area contributed by atoms with Crippen LogP contribution in [-0.4, -0.2) is 53.3 Å². The zero-order chi connectivity index (χ0) is 19.3. The summed E-state index contributed by atoms with van der Waals surface area (Å²) in [5.41, 5.74) is 1.65. The van der Waals surface area contributed by atoms with Gasteiger partial charge in [0.25, 0.3) is 0 Å². The number of nitrogens with one attached hydrogen (secondary N) is 1. The molecule has 6 nitrogen and oxygen atoms in total. The first-order valence-electron chi connectivity index (χ1n) is 10.1. The maximum absolute atomic E-state index is 12.5. The number of halogens is 1. The molecule has 4 rings (SSSR count). The Labute approximate surface area is 170 Å². The van der Waals surface area contributed by atoms with Gasteiger partial charge in [0.1, 0.15) is 0 Å². The van der Waals surface area contributed by atoms with Gasteiger partial charge in [-0.25, -0.2) is 4.79 Å². The monoisotopic (exact) mass is 399 g/mol. The number of anilines is 1. The van der Waals surface area contributed by atoms with Crippen LogP contribution in [0.3, 0.4) is 0 Å². The van der Waals surface area contributed by atoms with Gasteiger partial charge in [0, 0.05) is 37.8 Å². The quantitative estimate of drug-likeness (QED) is 0.848. The SMILES string of the molecule is O=C(NC1CCCCC1)N1CCN(c2ccc(-c3ccccc3Cl)nn2)CC1. The predicted octanol–water partition coefficient (Wildman–Crippen LogP) is 3.96. The fourth-order valence-electron chi connectivity index (χ4n) is 3.96. The Hall–Kier alpha value is -2.34. The molecule has 1 saturated carbocycles. The van der Waals surface area contributed by atoms with Crippen LogP contribution in [-0.2, 0) is 0 Å². The molecule has 1 aromatic carbocycles. The highest BCUT2D eigenvalue weighted by Gasteiger charge is 2.24. The molecule has 148 valence electrons. The Morgan fingerprint density at radius 3 is 2.39 bits per heavy atom. The molecule has 0 bridgehead atoms. The van der Waals surface area contributed by atoms with Crippen LogP contribution in [0.15, 0.2) is 36.4 Å². The number of nitrogens with zero attached hydrogens (tertiary/aromatic N) is 4. The van der Waals surface area contributed by atoms with Crippen molar-refractivity contribution < 1.29 is 4.79 Å². The summed E-state index contributed by atoms with van der Waals surface area (Å²) in [6.07, 6.45) is 5.96. The molecular weight excluding hydrogens is 374 g/mol. The minimum absolute atomic E-state index is 0.0756. The summed E-state index contributed by atoms with van der Waals surface area (Å²) >= 11 is 6.24. The summed E-state index contributed by atoms with van der Waals surface area (Å²) in [6.45, 7) is 2.93. The fourth-order valence-corrected chi connectivity index (χ4v) is 4.19. The Bertz CT molecular complexity index is 799. The second-order valence-corrected chi connectivity index (χ2v) is 7.92. The Morgan fingerprint density at radius 1 is 0.964 bits per heavy atom. The summed E-state index contributed by atoms with van der Waals surface area (Å²) < 4.78 is 0. The van der Waals surface area contributed by atoms with Crippen LogP contribution in [0.2, 0.25) is 5.02 Å². The van der Waals surface area contributed by atoms with Gasteiger partial charge in [-0.1, -0.05) is 49.1 Å². The van der Waals surface area contributed by atoms with Crippen LogP contribution in [0.4, 0.5) is 10.6 Å². The van der Waals surface area contributed by atoms with Crippen LogP contribution in [0.5, 0.6) is 0 Å². The third-order valence-electron chi connectivity index (χ3n) is 5.62. The Morgan fingerprint density at radius 2 is 1.71 bits per heavy atom. The van der Waals surface area contributed by atoms with Crippen molar-refractivity contribution in [1.29, 1.82) is 0 Å². The van der Waals surface area contributed by atoms with Gasteiger partial charge in [0.2, 0.25) is 0 Å². The lowest BCUT2D eigenvalue weighted by Crippen LogP contribution is -2.53. The fraction of sp³-hybridized carbons (Fsp3) is 0.476. The van der Waals surface area contributed by atoms with E-state index in [1.165, 1.54) is 19.3 Å². The first-order valence-corrected chi connectivity index (χ1v) is 10.5. The van der Waals surface area contributed by atoms with Gasteiger partial charge in [0.15, 0.2) is 5.82 Å². The Balaban J connectivity index is 1.32. The number of urea groups is 1. The minimum Gasteiger partial charge on any atom is -0.352 e. The second kappa shape index (κ2) is 8.78. The molecular formula is C21H26ClN5O. The molecule has 0 radical (unpaired) electrons. The van der Waals surface area contributed by atoms with Crippen LogP contribution >= 0.6 is 11.6 Å². The van der Waals surface area contributed by atoms with Gasteiger partial charge in [-0.15, -0.1) is 10.2 Å². The van der Waals surface area contributed by atoms with E-state index in [0.29, 0.717) is 24.2 Å². The number of aromatic nitrogens is 2. The van der Waals surface area contributed by atoms with Crippen molar-refractivity contribution >= 4 is 23.4 Å². The van der Waals surface area contributed by atoms with E-state index in [9.17, 15) is 4.79 Å². The minimum atomic E-state index is 0.0756. The van der Waals surface area contributed by atoms with Crippen molar-refractivity contribution in [3.05, 3.63) is 41.4 Å². The molecule has 7 heteroatoms. The number of piperazine rings is 1. The van der Waals surface area contributed by atoms with Crippen molar-refractivity contribution in [1.82, 2.24) is 20.4 Å². The summed E-state index contributed by atoms with van der Waals surface area (Å²) in [5, 5.41) is 12.6. The maximum Gasteiger partial charge on any atom is 0.317 e. The van der Waals surface area contributed by atoms with Crippen LogP contribution < -0.4 is 10.2 Å². The smallest absolute Gasteiger partial charge is 0.317 e. The largest absolute Gasteiger partial charge is 0.352 e. The molecule has 2 heterocycles. The number of amides is 2. The molecule has 1 aliphatic carbocycles. The third kappa shape index (κ3) is 4.38. The standard InChI is InChI=1S/C21H26ClN5O/c22-18-9-5-4-8-17(18)19-10-11-20(25-24-19)26-12-14-27(15-13-26)21(28)23-16-6-2-1-3-7-16/h4-5,8-11,16H,1-3,6-7,12-15H2,(H,23,28). The van der Waals surface area contributed by atoms with Gasteiger partial charge in [-0.3, -0.25) is 0 Å². The second-order valence-electron chi connectivity index (χ2n) is 7.52. The van der Waals surface area contributed by atoms with E-state index >= 15 is 0 Å². The highest BCUT2D eigenvalue weighted by Crippen LogP contribution is 2.26. The van der Waals surface area contributed by atoms with E-state index in [2.05, 4.69) is 20.4 Å². The average Bonchev–Trinajstić information content (AvgIpc) is 2.75. The summed E-state index contributed by atoms with van der Waals surface area (Å²) in [7, 11) is 0. The molecule has 2 fully saturated rings.